The normalized spacial score (nSPS) is 14.4. The van der Waals surface area contributed by atoms with E-state index in [2.05, 4.69) is 65.8 Å². The molecule has 97 heavy (non-hydrogen) atoms. The van der Waals surface area contributed by atoms with Crippen LogP contribution in [0.25, 0.3) is 0 Å². The zero-order valence-corrected chi connectivity index (χ0v) is 64.7. The molecule has 0 aliphatic carbocycles. The Labute approximate surface area is 592 Å². The molecule has 0 aromatic heterocycles. The minimum Gasteiger partial charge on any atom is -0.462 e. The van der Waals surface area contributed by atoms with E-state index in [0.717, 1.165) is 121 Å². The molecule has 0 bridgehead atoms. The molecule has 0 aliphatic rings. The van der Waals surface area contributed by atoms with Crippen molar-refractivity contribution in [3.63, 3.8) is 0 Å². The molecule has 0 aromatic rings. The number of rotatable bonds is 75. The third-order valence-electron chi connectivity index (χ3n) is 17.9. The summed E-state index contributed by atoms with van der Waals surface area (Å²) in [5.74, 6) is -0.631. The quantitative estimate of drug-likeness (QED) is 0.0169. The molecule has 6 atom stereocenters. The Balaban J connectivity index is 5.29. The van der Waals surface area contributed by atoms with E-state index in [1.54, 1.807) is 0 Å². The average Bonchev–Trinajstić information content (AvgIpc) is 1.29. The molecule has 0 rings (SSSR count). The molecule has 0 heterocycles. The van der Waals surface area contributed by atoms with Gasteiger partial charge >= 0.3 is 39.5 Å². The standard InChI is InChI=1S/C78H148O17P2/c1-7-10-12-14-16-18-20-22-24-26-29-33-37-41-48-54-60-75(80)88-66-73(94-77(82)63-57-51-43-39-35-31-27-28-32-36-40-46-52-58-70(4)5)68-92-96(84,85)90-64-72(79)65-91-97(86,87)93-69-74(67-89-76(81)61-55-49-45-44-47-53-59-71(6)9-3)95-78(83)62-56-50-42-38-34-30-25-23-21-19-17-15-13-11-8-2/h19,21,23,25,70-74,79H,7-18,20,22,24,26-69H2,1-6H3,(H,84,85)(H,86,87)/b21-19-,25-23-/t71?,72-,73-,74-/m1/s1. The fourth-order valence-electron chi connectivity index (χ4n) is 11.4. The van der Waals surface area contributed by atoms with Gasteiger partial charge in [-0.2, -0.15) is 0 Å². The van der Waals surface area contributed by atoms with Gasteiger partial charge in [0, 0.05) is 25.7 Å². The van der Waals surface area contributed by atoms with Crippen LogP contribution in [0.5, 0.6) is 0 Å². The first kappa shape index (κ1) is 94.5. The number of esters is 4. The number of hydrogen-bond acceptors (Lipinski definition) is 15. The van der Waals surface area contributed by atoms with E-state index in [1.165, 1.54) is 180 Å². The highest BCUT2D eigenvalue weighted by atomic mass is 31.2. The van der Waals surface area contributed by atoms with Gasteiger partial charge in [-0.25, -0.2) is 9.13 Å². The van der Waals surface area contributed by atoms with Crippen LogP contribution < -0.4 is 0 Å². The lowest BCUT2D eigenvalue weighted by atomic mass is 10.00. The summed E-state index contributed by atoms with van der Waals surface area (Å²) in [6, 6.07) is 0. The lowest BCUT2D eigenvalue weighted by Crippen LogP contribution is -2.30. The number of phosphoric ester groups is 2. The number of allylic oxidation sites excluding steroid dienone is 4. The lowest BCUT2D eigenvalue weighted by Gasteiger charge is -2.21. The Morgan fingerprint density at radius 3 is 0.928 bits per heavy atom. The Kier molecular flexibility index (Phi) is 67.5. The molecule has 0 fully saturated rings. The van der Waals surface area contributed by atoms with Crippen molar-refractivity contribution in [2.45, 2.75) is 400 Å². The summed E-state index contributed by atoms with van der Waals surface area (Å²) < 4.78 is 68.6. The predicted octanol–water partition coefficient (Wildman–Crippen LogP) is 22.7. The molecule has 572 valence electrons. The molecule has 0 saturated heterocycles. The summed E-state index contributed by atoms with van der Waals surface area (Å²) >= 11 is 0. The fourth-order valence-corrected chi connectivity index (χ4v) is 13.0. The van der Waals surface area contributed by atoms with E-state index in [1.807, 2.05) is 0 Å². The largest absolute Gasteiger partial charge is 0.472 e. The van der Waals surface area contributed by atoms with Crippen molar-refractivity contribution in [2.75, 3.05) is 39.6 Å². The monoisotopic (exact) mass is 1420 g/mol. The SMILES string of the molecule is CCCCCC/C=C\C=C/CCCCCCCC(=O)O[C@H](COC(=O)CCCCCCCCC(C)CC)COP(=O)(O)OC[C@H](O)COP(=O)(O)OC[C@@H](COC(=O)CCCCCCCCCCCCCCCCCC)OC(=O)CCCCCCCCCCCCCCCC(C)C. The van der Waals surface area contributed by atoms with E-state index in [-0.39, 0.29) is 25.7 Å². The van der Waals surface area contributed by atoms with Crippen molar-refractivity contribution in [2.24, 2.45) is 11.8 Å². The van der Waals surface area contributed by atoms with Gasteiger partial charge in [-0.15, -0.1) is 0 Å². The van der Waals surface area contributed by atoms with Crippen LogP contribution in [0, 0.1) is 11.8 Å². The summed E-state index contributed by atoms with van der Waals surface area (Å²) in [6.07, 6.45) is 60.4. The fraction of sp³-hybridized carbons (Fsp3) is 0.897. The smallest absolute Gasteiger partial charge is 0.462 e. The molecule has 3 N–H and O–H groups in total. The number of unbranched alkanes of at least 4 members (excludes halogenated alkanes) is 41. The number of carbonyl (C=O) groups excluding carboxylic acids is 4. The minimum atomic E-state index is -4.96. The molecule has 0 saturated carbocycles. The highest BCUT2D eigenvalue weighted by Gasteiger charge is 2.30. The van der Waals surface area contributed by atoms with Crippen molar-refractivity contribution in [1.82, 2.24) is 0 Å². The van der Waals surface area contributed by atoms with Crippen LogP contribution in [-0.4, -0.2) is 96.7 Å². The van der Waals surface area contributed by atoms with Crippen LogP contribution in [-0.2, 0) is 65.4 Å². The summed E-state index contributed by atoms with van der Waals surface area (Å²) in [4.78, 5) is 72.9. The summed E-state index contributed by atoms with van der Waals surface area (Å²) in [7, 11) is -9.93. The maximum Gasteiger partial charge on any atom is 0.472 e. The molecule has 0 radical (unpaired) electrons. The highest BCUT2D eigenvalue weighted by Crippen LogP contribution is 2.45. The highest BCUT2D eigenvalue weighted by molar-refractivity contribution is 7.47. The first-order valence-corrected chi connectivity index (χ1v) is 42.8. The molecular formula is C78H148O17P2. The Bertz CT molecular complexity index is 1970. The van der Waals surface area contributed by atoms with E-state index in [9.17, 15) is 43.2 Å². The van der Waals surface area contributed by atoms with E-state index in [4.69, 9.17) is 37.0 Å². The van der Waals surface area contributed by atoms with Gasteiger partial charge in [0.1, 0.15) is 19.3 Å². The van der Waals surface area contributed by atoms with E-state index in [0.29, 0.717) is 25.7 Å². The molecule has 17 nitrogen and oxygen atoms in total. The summed E-state index contributed by atoms with van der Waals surface area (Å²) in [5.41, 5.74) is 0. The molecule has 0 aromatic carbocycles. The summed E-state index contributed by atoms with van der Waals surface area (Å²) in [6.45, 7) is 9.52. The first-order valence-electron chi connectivity index (χ1n) is 39.8. The lowest BCUT2D eigenvalue weighted by molar-refractivity contribution is -0.161. The van der Waals surface area contributed by atoms with Crippen LogP contribution in [0.2, 0.25) is 0 Å². The van der Waals surface area contributed by atoms with Gasteiger partial charge in [0.2, 0.25) is 0 Å². The Morgan fingerprint density at radius 2 is 0.608 bits per heavy atom. The Hall–Kier alpha value is -2.46. The molecule has 3 unspecified atom stereocenters. The maximum atomic E-state index is 13.1. The van der Waals surface area contributed by atoms with Crippen LogP contribution in [0.15, 0.2) is 24.3 Å². The summed E-state index contributed by atoms with van der Waals surface area (Å²) in [5, 5.41) is 10.6. The maximum absolute atomic E-state index is 13.1. The van der Waals surface area contributed by atoms with E-state index < -0.39 is 97.5 Å². The van der Waals surface area contributed by atoms with Crippen LogP contribution >= 0.6 is 15.6 Å². The second-order valence-corrected chi connectivity index (χ2v) is 31.0. The average molecular weight is 1420 g/mol. The van der Waals surface area contributed by atoms with Crippen molar-refractivity contribution in [3.05, 3.63) is 24.3 Å². The van der Waals surface area contributed by atoms with Crippen molar-refractivity contribution < 1.29 is 80.2 Å². The second kappa shape index (κ2) is 69.3. The van der Waals surface area contributed by atoms with Crippen molar-refractivity contribution in [1.29, 1.82) is 0 Å². The second-order valence-electron chi connectivity index (χ2n) is 28.1. The predicted molar refractivity (Wildman–Crippen MR) is 395 cm³/mol. The van der Waals surface area contributed by atoms with Gasteiger partial charge in [-0.3, -0.25) is 37.3 Å². The van der Waals surface area contributed by atoms with Gasteiger partial charge < -0.3 is 33.8 Å². The third-order valence-corrected chi connectivity index (χ3v) is 19.8. The van der Waals surface area contributed by atoms with Crippen molar-refractivity contribution in [3.8, 4) is 0 Å². The molecular weight excluding hydrogens is 1270 g/mol. The molecule has 0 spiro atoms. The van der Waals surface area contributed by atoms with Gasteiger partial charge in [0.25, 0.3) is 0 Å². The number of aliphatic hydroxyl groups excluding tert-OH is 1. The first-order chi connectivity index (χ1) is 46.9. The molecule has 19 heteroatoms. The van der Waals surface area contributed by atoms with E-state index >= 15 is 0 Å². The van der Waals surface area contributed by atoms with Gasteiger partial charge in [-0.05, 0) is 63.2 Å². The topological polar surface area (TPSA) is 237 Å². The van der Waals surface area contributed by atoms with Crippen LogP contribution in [0.4, 0.5) is 0 Å². The molecule has 0 aliphatic heterocycles. The number of phosphoric acid groups is 2. The number of hydrogen-bond donors (Lipinski definition) is 3. The van der Waals surface area contributed by atoms with Gasteiger partial charge in [0.15, 0.2) is 12.2 Å². The number of carbonyl (C=O) groups is 4. The number of aliphatic hydroxyl groups is 1. The van der Waals surface area contributed by atoms with Crippen LogP contribution in [0.3, 0.4) is 0 Å². The minimum absolute atomic E-state index is 0.0842. The zero-order valence-electron chi connectivity index (χ0n) is 62.9. The van der Waals surface area contributed by atoms with Gasteiger partial charge in [-0.1, -0.05) is 329 Å². The van der Waals surface area contributed by atoms with Gasteiger partial charge in [0.05, 0.1) is 26.4 Å². The Morgan fingerprint density at radius 1 is 0.340 bits per heavy atom. The molecule has 0 amide bonds. The van der Waals surface area contributed by atoms with Crippen LogP contribution in [0.1, 0.15) is 382 Å². The number of ether oxygens (including phenoxy) is 4. The third kappa shape index (κ3) is 70.4. The zero-order chi connectivity index (χ0) is 71.4. The van der Waals surface area contributed by atoms with Crippen molar-refractivity contribution >= 4 is 39.5 Å².